The first kappa shape index (κ1) is 14.5. The normalized spacial score (nSPS) is 21.9. The van der Waals surface area contributed by atoms with E-state index in [1.165, 1.54) is 0 Å². The molecule has 1 saturated carbocycles. The van der Waals surface area contributed by atoms with Crippen LogP contribution < -0.4 is 5.73 Å². The fraction of sp³-hybridized carbons (Fsp3) is 1.00. The van der Waals surface area contributed by atoms with Crippen molar-refractivity contribution < 1.29 is 30.7 Å². The fourth-order valence-electron chi connectivity index (χ4n) is 2.21. The molecule has 1 nitrogen and oxygen atoms in total. The Bertz CT molecular complexity index is 274. The third-order valence-electron chi connectivity index (χ3n) is 3.37. The molecule has 0 spiro atoms. The molecule has 0 aromatic rings. The molecule has 102 valence electrons. The highest BCUT2D eigenvalue weighted by Crippen LogP contribution is 2.59. The van der Waals surface area contributed by atoms with Crippen LogP contribution in [0.5, 0.6) is 0 Å². The molecule has 8 heteroatoms. The van der Waals surface area contributed by atoms with Gasteiger partial charge in [0.25, 0.3) is 0 Å². The van der Waals surface area contributed by atoms with Crippen LogP contribution in [-0.2, 0) is 0 Å². The quantitative estimate of drug-likeness (QED) is 0.780. The summed E-state index contributed by atoms with van der Waals surface area (Å²) >= 11 is 0. The van der Waals surface area contributed by atoms with Gasteiger partial charge < -0.3 is 5.73 Å². The van der Waals surface area contributed by atoms with Gasteiger partial charge >= 0.3 is 18.0 Å². The molecule has 0 aliphatic heterocycles. The molecule has 0 aromatic carbocycles. The second-order valence-electron chi connectivity index (χ2n) is 4.34. The van der Waals surface area contributed by atoms with E-state index in [0.717, 1.165) is 0 Å². The first-order valence-corrected chi connectivity index (χ1v) is 5.04. The standard InChI is InChI=1S/C9H12F7N/c10-7(11,8(12,13)9(14,15)16)6(5-17)3-1-2-4-6/h1-5,17H2. The van der Waals surface area contributed by atoms with Gasteiger partial charge in [-0.3, -0.25) is 0 Å². The Balaban J connectivity index is 3.17. The lowest BCUT2D eigenvalue weighted by atomic mass is 9.76. The number of alkyl halides is 7. The topological polar surface area (TPSA) is 26.0 Å². The van der Waals surface area contributed by atoms with E-state index in [9.17, 15) is 30.7 Å². The Morgan fingerprint density at radius 2 is 1.29 bits per heavy atom. The molecular weight excluding hydrogens is 255 g/mol. The van der Waals surface area contributed by atoms with E-state index >= 15 is 0 Å². The van der Waals surface area contributed by atoms with Crippen molar-refractivity contribution in [2.24, 2.45) is 11.1 Å². The molecule has 1 rings (SSSR count). The van der Waals surface area contributed by atoms with Gasteiger partial charge in [-0.25, -0.2) is 0 Å². The van der Waals surface area contributed by atoms with Gasteiger partial charge in [-0.15, -0.1) is 0 Å². The average Bonchev–Trinajstić information content (AvgIpc) is 2.65. The Morgan fingerprint density at radius 1 is 0.882 bits per heavy atom. The van der Waals surface area contributed by atoms with Crippen molar-refractivity contribution in [3.8, 4) is 0 Å². The molecule has 0 radical (unpaired) electrons. The average molecular weight is 267 g/mol. The van der Waals surface area contributed by atoms with Crippen LogP contribution in [0.2, 0.25) is 0 Å². The highest BCUT2D eigenvalue weighted by Gasteiger charge is 2.78. The van der Waals surface area contributed by atoms with E-state index in [2.05, 4.69) is 0 Å². The lowest BCUT2D eigenvalue weighted by molar-refractivity contribution is -0.378. The van der Waals surface area contributed by atoms with Gasteiger partial charge in [-0.2, -0.15) is 30.7 Å². The van der Waals surface area contributed by atoms with Gasteiger partial charge in [0.2, 0.25) is 0 Å². The van der Waals surface area contributed by atoms with Crippen LogP contribution in [0.25, 0.3) is 0 Å². The van der Waals surface area contributed by atoms with Gasteiger partial charge in [0.05, 0.1) is 5.41 Å². The number of hydrogen-bond donors (Lipinski definition) is 1. The van der Waals surface area contributed by atoms with Crippen molar-refractivity contribution in [1.29, 1.82) is 0 Å². The maximum Gasteiger partial charge on any atom is 0.459 e. The summed E-state index contributed by atoms with van der Waals surface area (Å²) < 4.78 is 88.8. The maximum atomic E-state index is 13.5. The highest BCUT2D eigenvalue weighted by molar-refractivity contribution is 5.06. The van der Waals surface area contributed by atoms with Gasteiger partial charge in [0.15, 0.2) is 0 Å². The summed E-state index contributed by atoms with van der Waals surface area (Å²) in [4.78, 5) is 0. The third kappa shape index (κ3) is 1.90. The first-order chi connectivity index (χ1) is 7.52. The van der Waals surface area contributed by atoms with Crippen molar-refractivity contribution in [2.45, 2.75) is 43.7 Å². The zero-order chi connectivity index (χ0) is 13.5. The molecule has 17 heavy (non-hydrogen) atoms. The predicted octanol–water partition coefficient (Wildman–Crippen LogP) is 3.34. The minimum atomic E-state index is -6.28. The summed E-state index contributed by atoms with van der Waals surface area (Å²) in [6.07, 6.45) is -6.74. The summed E-state index contributed by atoms with van der Waals surface area (Å²) in [6.45, 7) is -0.883. The van der Waals surface area contributed by atoms with Crippen LogP contribution in [0.15, 0.2) is 0 Å². The molecule has 2 N–H and O–H groups in total. The van der Waals surface area contributed by atoms with Crippen molar-refractivity contribution >= 4 is 0 Å². The second kappa shape index (κ2) is 4.00. The van der Waals surface area contributed by atoms with Crippen molar-refractivity contribution in [3.63, 3.8) is 0 Å². The molecule has 1 fully saturated rings. The molecule has 1 aliphatic rings. The van der Waals surface area contributed by atoms with Crippen LogP contribution in [-0.4, -0.2) is 24.6 Å². The fourth-order valence-corrected chi connectivity index (χ4v) is 2.21. The second-order valence-corrected chi connectivity index (χ2v) is 4.34. The summed E-state index contributed by atoms with van der Waals surface area (Å²) in [5.74, 6) is -11.2. The molecule has 0 amide bonds. The lowest BCUT2D eigenvalue weighted by Gasteiger charge is -2.40. The van der Waals surface area contributed by atoms with Crippen molar-refractivity contribution in [3.05, 3.63) is 0 Å². The van der Waals surface area contributed by atoms with Gasteiger partial charge in [-0.05, 0) is 12.8 Å². The van der Waals surface area contributed by atoms with E-state index in [4.69, 9.17) is 5.73 Å². The smallest absolute Gasteiger partial charge is 0.330 e. The van der Waals surface area contributed by atoms with Crippen molar-refractivity contribution in [2.75, 3.05) is 6.54 Å². The van der Waals surface area contributed by atoms with Crippen LogP contribution in [0.3, 0.4) is 0 Å². The number of rotatable bonds is 3. The molecule has 1 aliphatic carbocycles. The van der Waals surface area contributed by atoms with Crippen LogP contribution in [0.4, 0.5) is 30.7 Å². The lowest BCUT2D eigenvalue weighted by Crippen LogP contribution is -2.61. The van der Waals surface area contributed by atoms with E-state index in [1.54, 1.807) is 0 Å². The zero-order valence-corrected chi connectivity index (χ0v) is 8.76. The summed E-state index contributed by atoms with van der Waals surface area (Å²) in [6, 6.07) is 0. The SMILES string of the molecule is NCC1(C(F)(F)C(F)(F)C(F)(F)F)CCCC1. The van der Waals surface area contributed by atoms with E-state index in [1.807, 2.05) is 0 Å². The minimum Gasteiger partial charge on any atom is -0.330 e. The molecule has 0 heterocycles. The van der Waals surface area contributed by atoms with Gasteiger partial charge in [0, 0.05) is 6.54 Å². The monoisotopic (exact) mass is 267 g/mol. The summed E-state index contributed by atoms with van der Waals surface area (Å²) in [5, 5.41) is 0. The number of halogens is 7. The van der Waals surface area contributed by atoms with Gasteiger partial charge in [0.1, 0.15) is 0 Å². The third-order valence-corrected chi connectivity index (χ3v) is 3.37. The zero-order valence-electron chi connectivity index (χ0n) is 8.76. The Hall–Kier alpha value is -0.530. The van der Waals surface area contributed by atoms with Crippen LogP contribution in [0.1, 0.15) is 25.7 Å². The minimum absolute atomic E-state index is 0.181. The van der Waals surface area contributed by atoms with Crippen LogP contribution in [0, 0.1) is 5.41 Å². The highest BCUT2D eigenvalue weighted by atomic mass is 19.4. The maximum absolute atomic E-state index is 13.5. The predicted molar refractivity (Wildman–Crippen MR) is 45.9 cm³/mol. The molecular formula is C9H12F7N. The molecule has 0 saturated heterocycles. The van der Waals surface area contributed by atoms with E-state index in [0.29, 0.717) is 0 Å². The van der Waals surface area contributed by atoms with Gasteiger partial charge in [-0.1, -0.05) is 12.8 Å². The largest absolute Gasteiger partial charge is 0.459 e. The number of hydrogen-bond acceptors (Lipinski definition) is 1. The molecule has 0 bridgehead atoms. The molecule has 0 unspecified atom stereocenters. The Kier molecular flexibility index (Phi) is 3.42. The van der Waals surface area contributed by atoms with E-state index in [-0.39, 0.29) is 12.8 Å². The summed E-state index contributed by atoms with van der Waals surface area (Å²) in [5.41, 5.74) is 2.56. The Labute approximate surface area is 93.2 Å². The molecule has 0 aromatic heterocycles. The van der Waals surface area contributed by atoms with E-state index < -0.39 is 42.8 Å². The first-order valence-electron chi connectivity index (χ1n) is 5.04. The van der Waals surface area contributed by atoms with Crippen molar-refractivity contribution in [1.82, 2.24) is 0 Å². The van der Waals surface area contributed by atoms with Crippen LogP contribution >= 0.6 is 0 Å². The summed E-state index contributed by atoms with van der Waals surface area (Å²) in [7, 11) is 0. The molecule has 0 atom stereocenters. The number of nitrogens with two attached hydrogens (primary N) is 1. The Morgan fingerprint density at radius 3 is 1.59 bits per heavy atom.